The minimum absolute atomic E-state index is 0.202. The molecule has 1 aliphatic carbocycles. The Kier molecular flexibility index (Phi) is 5.99. The van der Waals surface area contributed by atoms with Crippen molar-refractivity contribution in [3.05, 3.63) is 45.8 Å². The molecule has 1 amide bonds. The number of benzene rings is 1. The van der Waals surface area contributed by atoms with Crippen molar-refractivity contribution in [2.24, 2.45) is 0 Å². The summed E-state index contributed by atoms with van der Waals surface area (Å²) in [5, 5.41) is 3.08. The number of carbonyl (C=O) groups excluding carboxylic acids is 3. The first-order chi connectivity index (χ1) is 13.4. The topological polar surface area (TPSA) is 90.9 Å². The fourth-order valence-electron chi connectivity index (χ4n) is 3.18. The smallest absolute Gasteiger partial charge is 0.341 e. The molecule has 1 aromatic carbocycles. The Hall–Kier alpha value is -2.87. The molecule has 1 aliphatic rings. The number of hydrogen-bond donors (Lipinski definition) is 1. The summed E-state index contributed by atoms with van der Waals surface area (Å²) in [5.41, 5.74) is 1.91. The summed E-state index contributed by atoms with van der Waals surface area (Å²) < 4.78 is 15.2. The fourth-order valence-corrected chi connectivity index (χ4v) is 4.46. The van der Waals surface area contributed by atoms with Crippen LogP contribution in [-0.4, -0.2) is 38.7 Å². The zero-order chi connectivity index (χ0) is 20.3. The molecule has 0 aliphatic heterocycles. The molecule has 148 valence electrons. The zero-order valence-corrected chi connectivity index (χ0v) is 16.7. The Bertz CT molecular complexity index is 902. The van der Waals surface area contributed by atoms with Gasteiger partial charge in [-0.05, 0) is 37.5 Å². The van der Waals surface area contributed by atoms with Crippen molar-refractivity contribution in [1.29, 1.82) is 0 Å². The van der Waals surface area contributed by atoms with Crippen molar-refractivity contribution in [2.75, 3.05) is 26.1 Å². The average molecular weight is 403 g/mol. The van der Waals surface area contributed by atoms with Gasteiger partial charge < -0.3 is 19.5 Å². The third-order valence-electron chi connectivity index (χ3n) is 4.55. The van der Waals surface area contributed by atoms with Gasteiger partial charge in [-0.15, -0.1) is 11.3 Å². The van der Waals surface area contributed by atoms with Crippen LogP contribution >= 0.6 is 11.3 Å². The quantitative estimate of drug-likeness (QED) is 0.746. The lowest BCUT2D eigenvalue weighted by Crippen LogP contribution is -2.22. The second kappa shape index (κ2) is 8.43. The number of fused-ring (bicyclic) bond motifs is 1. The molecule has 7 nitrogen and oxygen atoms in total. The molecule has 0 fully saturated rings. The highest BCUT2D eigenvalue weighted by molar-refractivity contribution is 7.17. The van der Waals surface area contributed by atoms with E-state index in [1.165, 1.54) is 25.6 Å². The maximum absolute atomic E-state index is 12.4. The van der Waals surface area contributed by atoms with Gasteiger partial charge >= 0.3 is 11.9 Å². The number of methoxy groups -OCH3 is 2. The molecule has 2 aromatic rings. The van der Waals surface area contributed by atoms with Gasteiger partial charge in [0, 0.05) is 4.88 Å². The molecule has 0 saturated carbocycles. The lowest BCUT2D eigenvalue weighted by atomic mass is 9.99. The van der Waals surface area contributed by atoms with Crippen LogP contribution < -0.4 is 10.1 Å². The first-order valence-electron chi connectivity index (χ1n) is 8.75. The molecule has 28 heavy (non-hydrogen) atoms. The van der Waals surface area contributed by atoms with Crippen molar-refractivity contribution in [3.63, 3.8) is 0 Å². The minimum Gasteiger partial charge on any atom is -0.484 e. The molecule has 1 heterocycles. The van der Waals surface area contributed by atoms with Crippen LogP contribution in [0.2, 0.25) is 0 Å². The van der Waals surface area contributed by atoms with Crippen LogP contribution in [0.15, 0.2) is 24.3 Å². The van der Waals surface area contributed by atoms with E-state index in [9.17, 15) is 14.4 Å². The van der Waals surface area contributed by atoms with E-state index in [0.717, 1.165) is 10.4 Å². The van der Waals surface area contributed by atoms with Crippen LogP contribution in [0, 0.1) is 6.92 Å². The van der Waals surface area contributed by atoms with E-state index < -0.39 is 23.8 Å². The minimum atomic E-state index is -0.594. The Labute approximate surface area is 166 Å². The summed E-state index contributed by atoms with van der Waals surface area (Å²) in [6.45, 7) is 1.76. The van der Waals surface area contributed by atoms with Crippen LogP contribution in [0.1, 0.15) is 38.7 Å². The Morgan fingerprint density at radius 1 is 1.14 bits per heavy atom. The molecule has 3 rings (SSSR count). The van der Waals surface area contributed by atoms with Crippen molar-refractivity contribution in [2.45, 2.75) is 25.7 Å². The van der Waals surface area contributed by atoms with E-state index in [1.807, 2.05) is 19.1 Å². The fraction of sp³-hybridized carbons (Fsp3) is 0.350. The Morgan fingerprint density at radius 3 is 2.50 bits per heavy atom. The molecule has 1 N–H and O–H groups in total. The molecule has 1 unspecified atom stereocenters. The average Bonchev–Trinajstić information content (AvgIpc) is 3.25. The van der Waals surface area contributed by atoms with E-state index in [4.69, 9.17) is 14.2 Å². The number of ether oxygens (including phenoxy) is 3. The first-order valence-corrected chi connectivity index (χ1v) is 9.57. The number of anilines is 1. The van der Waals surface area contributed by atoms with Crippen LogP contribution in [0.5, 0.6) is 5.75 Å². The monoisotopic (exact) mass is 403 g/mol. The molecule has 0 saturated heterocycles. The van der Waals surface area contributed by atoms with E-state index in [-0.39, 0.29) is 12.2 Å². The summed E-state index contributed by atoms with van der Waals surface area (Å²) >= 11 is 1.28. The molecule has 8 heteroatoms. The first kappa shape index (κ1) is 19.9. The molecule has 0 spiro atoms. The standard InChI is InChI=1S/C20H21NO6S/c1-11-4-6-12(7-5-11)27-10-15(22)21-18-17(20(24)26-3)16-13(19(23)25-2)8-9-14(16)28-18/h4-7,13H,8-10H2,1-3H3,(H,21,22). The van der Waals surface area contributed by atoms with Gasteiger partial charge in [-0.3, -0.25) is 9.59 Å². The van der Waals surface area contributed by atoms with Crippen LogP contribution in [0.4, 0.5) is 5.00 Å². The molecular formula is C20H21NO6S. The molecule has 1 aromatic heterocycles. The number of aryl methyl sites for hydroxylation is 2. The van der Waals surface area contributed by atoms with Crippen molar-refractivity contribution < 1.29 is 28.6 Å². The summed E-state index contributed by atoms with van der Waals surface area (Å²) in [4.78, 5) is 37.7. The lowest BCUT2D eigenvalue weighted by Gasteiger charge is -2.12. The molecular weight excluding hydrogens is 382 g/mol. The molecule has 0 radical (unpaired) electrons. The number of hydrogen-bond acceptors (Lipinski definition) is 7. The maximum atomic E-state index is 12.4. The highest BCUT2D eigenvalue weighted by atomic mass is 32.1. The number of amides is 1. The van der Waals surface area contributed by atoms with Gasteiger partial charge in [-0.2, -0.15) is 0 Å². The SMILES string of the molecule is COC(=O)c1c(NC(=O)COc2ccc(C)cc2)sc2c1C(C(=O)OC)CC2. The lowest BCUT2D eigenvalue weighted by molar-refractivity contribution is -0.142. The Morgan fingerprint density at radius 2 is 1.86 bits per heavy atom. The Balaban J connectivity index is 1.78. The predicted octanol–water partition coefficient (Wildman–Crippen LogP) is 3.06. The molecule has 1 atom stereocenters. The second-order valence-corrected chi connectivity index (χ2v) is 7.50. The summed E-state index contributed by atoms with van der Waals surface area (Å²) in [6.07, 6.45) is 1.21. The summed E-state index contributed by atoms with van der Waals surface area (Å²) in [6, 6.07) is 7.34. The van der Waals surface area contributed by atoms with E-state index in [2.05, 4.69) is 5.32 Å². The predicted molar refractivity (Wildman–Crippen MR) is 104 cm³/mol. The van der Waals surface area contributed by atoms with Gasteiger partial charge in [0.2, 0.25) is 0 Å². The van der Waals surface area contributed by atoms with Gasteiger partial charge in [-0.25, -0.2) is 4.79 Å². The van der Waals surface area contributed by atoms with Crippen molar-refractivity contribution >= 4 is 34.2 Å². The number of rotatable bonds is 6. The highest BCUT2D eigenvalue weighted by Gasteiger charge is 2.38. The van der Waals surface area contributed by atoms with Gasteiger partial charge in [0.05, 0.1) is 25.7 Å². The highest BCUT2D eigenvalue weighted by Crippen LogP contribution is 2.45. The van der Waals surface area contributed by atoms with Crippen molar-refractivity contribution in [3.8, 4) is 5.75 Å². The van der Waals surface area contributed by atoms with Gasteiger partial charge in [0.1, 0.15) is 10.8 Å². The van der Waals surface area contributed by atoms with Crippen LogP contribution in [0.25, 0.3) is 0 Å². The zero-order valence-electron chi connectivity index (χ0n) is 15.9. The molecule has 0 bridgehead atoms. The van der Waals surface area contributed by atoms with Crippen molar-refractivity contribution in [1.82, 2.24) is 0 Å². The second-order valence-electron chi connectivity index (χ2n) is 6.40. The number of nitrogens with one attached hydrogen (secondary N) is 1. The van der Waals surface area contributed by atoms with Crippen LogP contribution in [0.3, 0.4) is 0 Å². The number of esters is 2. The maximum Gasteiger partial charge on any atom is 0.341 e. The van der Waals surface area contributed by atoms with E-state index in [1.54, 1.807) is 12.1 Å². The van der Waals surface area contributed by atoms with E-state index >= 15 is 0 Å². The van der Waals surface area contributed by atoms with Gasteiger partial charge in [-0.1, -0.05) is 17.7 Å². The normalized spacial score (nSPS) is 14.9. The third kappa shape index (κ3) is 4.01. The number of thiophene rings is 1. The van der Waals surface area contributed by atoms with E-state index in [0.29, 0.717) is 29.2 Å². The third-order valence-corrected chi connectivity index (χ3v) is 5.73. The summed E-state index contributed by atoms with van der Waals surface area (Å²) in [7, 11) is 2.58. The largest absolute Gasteiger partial charge is 0.484 e. The van der Waals surface area contributed by atoms with Crippen LogP contribution in [-0.2, 0) is 25.5 Å². The van der Waals surface area contributed by atoms with Gasteiger partial charge in [0.25, 0.3) is 5.91 Å². The van der Waals surface area contributed by atoms with Gasteiger partial charge in [0.15, 0.2) is 6.61 Å². The summed E-state index contributed by atoms with van der Waals surface area (Å²) in [5.74, 6) is -1.35. The number of carbonyl (C=O) groups is 3.